The summed E-state index contributed by atoms with van der Waals surface area (Å²) in [6.45, 7) is 2.50. The molecule has 0 N–H and O–H groups in total. The fourth-order valence-electron chi connectivity index (χ4n) is 2.46. The largest absolute Gasteiger partial charge is 0.496 e. The Balaban J connectivity index is 1.98. The zero-order valence-corrected chi connectivity index (χ0v) is 14.9. The quantitative estimate of drug-likeness (QED) is 0.476. The number of benzene rings is 2. The predicted molar refractivity (Wildman–Crippen MR) is 94.9 cm³/mol. The minimum absolute atomic E-state index is 0.240. The van der Waals surface area contributed by atoms with Gasteiger partial charge < -0.3 is 9.30 Å². The second-order valence-electron chi connectivity index (χ2n) is 5.22. The number of methoxy groups -OCH3 is 1. The Morgan fingerprint density at radius 3 is 2.69 bits per heavy atom. The van der Waals surface area contributed by atoms with Crippen molar-refractivity contribution in [3.63, 3.8) is 0 Å². The van der Waals surface area contributed by atoms with Crippen molar-refractivity contribution in [2.75, 3.05) is 7.11 Å². The number of halogens is 1. The molecule has 3 aromatic rings. The van der Waals surface area contributed by atoms with Crippen LogP contribution in [-0.4, -0.2) is 26.8 Å². The van der Waals surface area contributed by atoms with Gasteiger partial charge in [-0.05, 0) is 36.9 Å². The maximum atomic E-state index is 14.2. The third kappa shape index (κ3) is 3.38. The molecule has 1 aromatic heterocycles. The Labute approximate surface area is 153 Å². The van der Waals surface area contributed by atoms with Gasteiger partial charge in [0.1, 0.15) is 11.6 Å². The van der Waals surface area contributed by atoms with Gasteiger partial charge in [0.15, 0.2) is 11.0 Å². The molecule has 0 saturated carbocycles. The number of hydrogen-bond donors (Lipinski definition) is 0. The highest BCUT2D eigenvalue weighted by Crippen LogP contribution is 2.34. The lowest BCUT2D eigenvalue weighted by molar-refractivity contribution is -0.385. The number of nitro benzene ring substituents is 1. The number of non-ortho nitro benzene ring substituents is 1. The number of rotatable bonds is 6. The first kappa shape index (κ1) is 17.9. The summed E-state index contributed by atoms with van der Waals surface area (Å²) in [4.78, 5) is 10.3. The molecule has 7 nitrogen and oxygen atoms in total. The Kier molecular flexibility index (Phi) is 5.17. The fourth-order valence-corrected chi connectivity index (χ4v) is 3.36. The van der Waals surface area contributed by atoms with Crippen molar-refractivity contribution in [2.45, 2.75) is 23.5 Å². The topological polar surface area (TPSA) is 83.1 Å². The molecule has 9 heteroatoms. The van der Waals surface area contributed by atoms with Crippen molar-refractivity contribution < 1.29 is 14.1 Å². The first-order valence-electron chi connectivity index (χ1n) is 7.73. The molecule has 0 aliphatic heterocycles. The van der Waals surface area contributed by atoms with Gasteiger partial charge in [-0.15, -0.1) is 10.2 Å². The van der Waals surface area contributed by atoms with Gasteiger partial charge >= 0.3 is 0 Å². The number of aromatic nitrogens is 3. The highest BCUT2D eigenvalue weighted by molar-refractivity contribution is 7.99. The number of nitro groups is 1. The van der Waals surface area contributed by atoms with Gasteiger partial charge in [0.05, 0.1) is 28.6 Å². The van der Waals surface area contributed by atoms with Gasteiger partial charge in [0.25, 0.3) is 5.69 Å². The van der Waals surface area contributed by atoms with E-state index in [0.29, 0.717) is 23.3 Å². The molecular weight excluding hydrogens is 359 g/mol. The van der Waals surface area contributed by atoms with Crippen molar-refractivity contribution in [3.8, 4) is 17.1 Å². The summed E-state index contributed by atoms with van der Waals surface area (Å²) in [7, 11) is 1.58. The van der Waals surface area contributed by atoms with Crippen molar-refractivity contribution in [2.24, 2.45) is 0 Å². The van der Waals surface area contributed by atoms with Crippen LogP contribution in [0.15, 0.2) is 52.5 Å². The number of nitrogens with zero attached hydrogens (tertiary/aromatic N) is 4. The highest BCUT2D eigenvalue weighted by Gasteiger charge is 2.19. The van der Waals surface area contributed by atoms with Crippen LogP contribution in [-0.2, 0) is 6.54 Å². The minimum atomic E-state index is -0.673. The first-order chi connectivity index (χ1) is 12.5. The second kappa shape index (κ2) is 7.52. The SMILES string of the molecule is CCn1c(Sc2ccc([N+](=O)[O-])cc2F)nnc1-c1ccccc1OC. The van der Waals surface area contributed by atoms with E-state index in [1.54, 1.807) is 7.11 Å². The van der Waals surface area contributed by atoms with Crippen LogP contribution < -0.4 is 4.74 Å². The molecular formula is C17H15FN4O3S. The maximum Gasteiger partial charge on any atom is 0.272 e. The van der Waals surface area contributed by atoms with Crippen LogP contribution in [0.1, 0.15) is 6.92 Å². The monoisotopic (exact) mass is 374 g/mol. The lowest BCUT2D eigenvalue weighted by atomic mass is 10.2. The zero-order chi connectivity index (χ0) is 18.7. The van der Waals surface area contributed by atoms with Gasteiger partial charge in [-0.1, -0.05) is 12.1 Å². The average molecular weight is 374 g/mol. The third-order valence-electron chi connectivity index (χ3n) is 3.71. The van der Waals surface area contributed by atoms with E-state index in [1.807, 2.05) is 35.8 Å². The van der Waals surface area contributed by atoms with Gasteiger partial charge in [0.2, 0.25) is 0 Å². The van der Waals surface area contributed by atoms with Gasteiger partial charge in [0, 0.05) is 12.6 Å². The summed E-state index contributed by atoms with van der Waals surface area (Å²) >= 11 is 1.07. The molecule has 0 saturated heterocycles. The molecule has 1 heterocycles. The lowest BCUT2D eigenvalue weighted by Gasteiger charge is -2.10. The summed E-state index contributed by atoms with van der Waals surface area (Å²) < 4.78 is 21.4. The van der Waals surface area contributed by atoms with E-state index in [1.165, 1.54) is 12.1 Å². The number of hydrogen-bond acceptors (Lipinski definition) is 6. The van der Waals surface area contributed by atoms with E-state index in [0.717, 1.165) is 23.4 Å². The van der Waals surface area contributed by atoms with Crippen LogP contribution in [0.25, 0.3) is 11.4 Å². The van der Waals surface area contributed by atoms with Gasteiger partial charge in [-0.3, -0.25) is 10.1 Å². The lowest BCUT2D eigenvalue weighted by Crippen LogP contribution is -2.01. The molecule has 3 rings (SSSR count). The highest BCUT2D eigenvalue weighted by atomic mass is 32.2. The Bertz CT molecular complexity index is 961. The number of ether oxygens (including phenoxy) is 1. The molecule has 0 amide bonds. The summed E-state index contributed by atoms with van der Waals surface area (Å²) in [6, 6.07) is 11.0. The Morgan fingerprint density at radius 2 is 2.04 bits per heavy atom. The molecule has 0 unspecified atom stereocenters. The van der Waals surface area contributed by atoms with Crippen molar-refractivity contribution in [1.29, 1.82) is 0 Å². The summed E-state index contributed by atoms with van der Waals surface area (Å²) in [5, 5.41) is 19.6. The molecule has 0 aliphatic carbocycles. The van der Waals surface area contributed by atoms with Crippen LogP contribution >= 0.6 is 11.8 Å². The molecule has 0 aliphatic rings. The van der Waals surface area contributed by atoms with Crippen LogP contribution in [0.4, 0.5) is 10.1 Å². The third-order valence-corrected chi connectivity index (χ3v) is 4.74. The van der Waals surface area contributed by atoms with Crippen molar-refractivity contribution >= 4 is 17.4 Å². The fraction of sp³-hybridized carbons (Fsp3) is 0.176. The van der Waals surface area contributed by atoms with E-state index < -0.39 is 10.7 Å². The molecule has 0 fully saturated rings. The van der Waals surface area contributed by atoms with Crippen molar-refractivity contribution in [3.05, 3.63) is 58.4 Å². The van der Waals surface area contributed by atoms with E-state index in [-0.39, 0.29) is 10.6 Å². The Hall–Kier alpha value is -2.94. The smallest absolute Gasteiger partial charge is 0.272 e. The zero-order valence-electron chi connectivity index (χ0n) is 14.0. The minimum Gasteiger partial charge on any atom is -0.496 e. The normalized spacial score (nSPS) is 10.7. The number of para-hydroxylation sites is 1. The first-order valence-corrected chi connectivity index (χ1v) is 8.55. The molecule has 0 atom stereocenters. The molecule has 0 spiro atoms. The molecule has 0 bridgehead atoms. The van der Waals surface area contributed by atoms with Crippen LogP contribution in [0.3, 0.4) is 0 Å². The summed E-state index contributed by atoms with van der Waals surface area (Å²) in [5.41, 5.74) is 0.485. The average Bonchev–Trinajstić information content (AvgIpc) is 3.05. The second-order valence-corrected chi connectivity index (χ2v) is 6.23. The van der Waals surface area contributed by atoms with E-state index >= 15 is 0 Å². The standard InChI is InChI=1S/C17H15FN4O3S/c1-3-21-16(12-6-4-5-7-14(12)25-2)19-20-17(21)26-15-9-8-11(22(23)24)10-13(15)18/h4-10H,3H2,1-2H3. The van der Waals surface area contributed by atoms with Crippen LogP contribution in [0.5, 0.6) is 5.75 Å². The van der Waals surface area contributed by atoms with Crippen molar-refractivity contribution in [1.82, 2.24) is 14.8 Å². The van der Waals surface area contributed by atoms with Gasteiger partial charge in [-0.2, -0.15) is 0 Å². The molecule has 26 heavy (non-hydrogen) atoms. The van der Waals surface area contributed by atoms with E-state index in [9.17, 15) is 14.5 Å². The summed E-state index contributed by atoms with van der Waals surface area (Å²) in [6.07, 6.45) is 0. The molecule has 2 aromatic carbocycles. The molecule has 0 radical (unpaired) electrons. The van der Waals surface area contributed by atoms with Gasteiger partial charge in [-0.25, -0.2) is 4.39 Å². The Morgan fingerprint density at radius 1 is 1.27 bits per heavy atom. The summed E-state index contributed by atoms with van der Waals surface area (Å²) in [5.74, 6) is 0.594. The predicted octanol–water partition coefficient (Wildman–Crippen LogP) is 4.17. The van der Waals surface area contributed by atoms with E-state index in [2.05, 4.69) is 10.2 Å². The van der Waals surface area contributed by atoms with E-state index in [4.69, 9.17) is 4.74 Å². The maximum absolute atomic E-state index is 14.2. The van der Waals surface area contributed by atoms with Crippen LogP contribution in [0, 0.1) is 15.9 Å². The van der Waals surface area contributed by atoms with Crippen LogP contribution in [0.2, 0.25) is 0 Å². The molecule has 134 valence electrons.